The highest BCUT2D eigenvalue weighted by Crippen LogP contribution is 2.17. The largest absolute Gasteiger partial charge is 0.489 e. The number of para-hydroxylation sites is 1. The van der Waals surface area contributed by atoms with Gasteiger partial charge in [-0.1, -0.05) is 35.9 Å². The number of rotatable bonds is 8. The van der Waals surface area contributed by atoms with Gasteiger partial charge < -0.3 is 15.4 Å². The van der Waals surface area contributed by atoms with Crippen LogP contribution >= 0.6 is 11.6 Å². The minimum Gasteiger partial charge on any atom is -0.489 e. The Bertz CT molecular complexity index is 682. The average molecular weight is 351 g/mol. The highest BCUT2D eigenvalue weighted by Gasteiger charge is 2.09. The predicted molar refractivity (Wildman–Crippen MR) is 92.8 cm³/mol. The maximum absolute atomic E-state index is 13.3. The van der Waals surface area contributed by atoms with Crippen LogP contribution in [-0.4, -0.2) is 25.6 Å². The summed E-state index contributed by atoms with van der Waals surface area (Å²) in [6, 6.07) is 13.4. The summed E-state index contributed by atoms with van der Waals surface area (Å²) in [6.45, 7) is 2.77. The quantitative estimate of drug-likeness (QED) is 0.718. The number of ether oxygens (including phenoxy) is 1. The molecule has 128 valence electrons. The molecule has 0 heterocycles. The predicted octanol–water partition coefficient (Wildman–Crippen LogP) is 3.32. The van der Waals surface area contributed by atoms with Gasteiger partial charge in [0.15, 0.2) is 11.6 Å². The molecular formula is C18H20ClFN2O2. The van der Waals surface area contributed by atoms with Crippen molar-refractivity contribution in [1.82, 2.24) is 10.6 Å². The van der Waals surface area contributed by atoms with Gasteiger partial charge in [0.05, 0.1) is 12.6 Å². The van der Waals surface area contributed by atoms with E-state index in [1.54, 1.807) is 24.3 Å². The maximum Gasteiger partial charge on any atom is 0.234 e. The Balaban J connectivity index is 1.65. The molecule has 0 aromatic heterocycles. The molecule has 0 fully saturated rings. The van der Waals surface area contributed by atoms with E-state index in [-0.39, 0.29) is 30.9 Å². The van der Waals surface area contributed by atoms with Gasteiger partial charge in [0.2, 0.25) is 5.91 Å². The summed E-state index contributed by atoms with van der Waals surface area (Å²) < 4.78 is 18.6. The molecule has 0 saturated carbocycles. The molecule has 0 aliphatic carbocycles. The third-order valence-electron chi connectivity index (χ3n) is 3.38. The van der Waals surface area contributed by atoms with Crippen LogP contribution in [0.4, 0.5) is 4.39 Å². The molecule has 1 amide bonds. The maximum atomic E-state index is 13.3. The molecule has 2 aromatic carbocycles. The van der Waals surface area contributed by atoms with Crippen LogP contribution in [0.1, 0.15) is 18.5 Å². The molecule has 1 atom stereocenters. The van der Waals surface area contributed by atoms with E-state index in [9.17, 15) is 9.18 Å². The highest BCUT2D eigenvalue weighted by molar-refractivity contribution is 6.30. The number of hydrogen-bond acceptors (Lipinski definition) is 3. The fourth-order valence-electron chi connectivity index (χ4n) is 2.15. The van der Waals surface area contributed by atoms with Crippen LogP contribution in [0, 0.1) is 5.82 Å². The zero-order valence-corrected chi connectivity index (χ0v) is 14.1. The van der Waals surface area contributed by atoms with Crippen molar-refractivity contribution in [2.75, 3.05) is 19.7 Å². The van der Waals surface area contributed by atoms with Gasteiger partial charge in [-0.05, 0) is 36.8 Å². The number of carbonyl (C=O) groups excluding carboxylic acids is 1. The van der Waals surface area contributed by atoms with Crippen LogP contribution in [0.3, 0.4) is 0 Å². The molecule has 2 N–H and O–H groups in total. The second-order valence-electron chi connectivity index (χ2n) is 5.30. The topological polar surface area (TPSA) is 50.4 Å². The van der Waals surface area contributed by atoms with E-state index in [1.807, 2.05) is 25.1 Å². The van der Waals surface area contributed by atoms with Crippen molar-refractivity contribution < 1.29 is 13.9 Å². The Morgan fingerprint density at radius 1 is 1.25 bits per heavy atom. The fraction of sp³-hybridized carbons (Fsp3) is 0.278. The van der Waals surface area contributed by atoms with E-state index in [0.29, 0.717) is 11.6 Å². The van der Waals surface area contributed by atoms with Crippen molar-refractivity contribution >= 4 is 17.5 Å². The monoisotopic (exact) mass is 350 g/mol. The first-order valence-corrected chi connectivity index (χ1v) is 8.07. The van der Waals surface area contributed by atoms with Gasteiger partial charge in [0.25, 0.3) is 0 Å². The Morgan fingerprint density at radius 2 is 2.04 bits per heavy atom. The summed E-state index contributed by atoms with van der Waals surface area (Å²) in [4.78, 5) is 11.9. The molecule has 0 aliphatic heterocycles. The Labute approximate surface area is 146 Å². The van der Waals surface area contributed by atoms with E-state index in [1.165, 1.54) is 6.07 Å². The van der Waals surface area contributed by atoms with Crippen LogP contribution in [0.25, 0.3) is 0 Å². The van der Waals surface area contributed by atoms with Crippen molar-refractivity contribution in [3.05, 3.63) is 64.9 Å². The summed E-state index contributed by atoms with van der Waals surface area (Å²) in [6.07, 6.45) is 0. The number of amides is 1. The first kappa shape index (κ1) is 18.2. The molecule has 0 bridgehead atoms. The van der Waals surface area contributed by atoms with Gasteiger partial charge >= 0.3 is 0 Å². The fourth-order valence-corrected chi connectivity index (χ4v) is 2.35. The Morgan fingerprint density at radius 3 is 2.79 bits per heavy atom. The van der Waals surface area contributed by atoms with Crippen molar-refractivity contribution in [2.24, 2.45) is 0 Å². The number of benzene rings is 2. The van der Waals surface area contributed by atoms with Crippen molar-refractivity contribution in [1.29, 1.82) is 0 Å². The van der Waals surface area contributed by atoms with Crippen molar-refractivity contribution in [3.8, 4) is 5.75 Å². The summed E-state index contributed by atoms with van der Waals surface area (Å²) in [5.41, 5.74) is 0.943. The van der Waals surface area contributed by atoms with Crippen molar-refractivity contribution in [3.63, 3.8) is 0 Å². The minimum atomic E-state index is -0.398. The third-order valence-corrected chi connectivity index (χ3v) is 3.62. The van der Waals surface area contributed by atoms with Crippen LogP contribution in [0.5, 0.6) is 5.75 Å². The molecule has 0 radical (unpaired) electrons. The van der Waals surface area contributed by atoms with Crippen LogP contribution in [0.15, 0.2) is 48.5 Å². The van der Waals surface area contributed by atoms with Crippen LogP contribution in [-0.2, 0) is 4.79 Å². The van der Waals surface area contributed by atoms with E-state index in [4.69, 9.17) is 16.3 Å². The van der Waals surface area contributed by atoms with E-state index < -0.39 is 5.82 Å². The van der Waals surface area contributed by atoms with Gasteiger partial charge in [-0.2, -0.15) is 0 Å². The lowest BCUT2D eigenvalue weighted by molar-refractivity contribution is -0.120. The third kappa shape index (κ3) is 5.83. The molecular weight excluding hydrogens is 331 g/mol. The standard InChI is InChI=1S/C18H20ClFN2O2/c1-13(14-5-4-6-15(19)11-14)22-18(23)12-21-9-10-24-17-8-3-2-7-16(17)20/h2-8,11,13,21H,9-10,12H2,1H3,(H,22,23)/t13-/m1/s1. The summed E-state index contributed by atoms with van der Waals surface area (Å²) in [5, 5.41) is 6.47. The molecule has 6 heteroatoms. The molecule has 24 heavy (non-hydrogen) atoms. The number of halogens is 2. The van der Waals surface area contributed by atoms with E-state index in [0.717, 1.165) is 5.56 Å². The highest BCUT2D eigenvalue weighted by atomic mass is 35.5. The Hall–Kier alpha value is -2.11. The average Bonchev–Trinajstić information content (AvgIpc) is 2.56. The summed E-state index contributed by atoms with van der Waals surface area (Å²) in [7, 11) is 0. The van der Waals surface area contributed by atoms with Gasteiger partial charge in [-0.25, -0.2) is 4.39 Å². The minimum absolute atomic E-state index is 0.131. The number of nitrogens with one attached hydrogen (secondary N) is 2. The lowest BCUT2D eigenvalue weighted by atomic mass is 10.1. The zero-order chi connectivity index (χ0) is 17.4. The van der Waals surface area contributed by atoms with Gasteiger partial charge in [0, 0.05) is 11.6 Å². The molecule has 4 nitrogen and oxygen atoms in total. The zero-order valence-electron chi connectivity index (χ0n) is 13.4. The van der Waals surface area contributed by atoms with Gasteiger partial charge in [-0.3, -0.25) is 4.79 Å². The lowest BCUT2D eigenvalue weighted by Gasteiger charge is -2.15. The number of hydrogen-bond donors (Lipinski definition) is 2. The molecule has 0 saturated heterocycles. The first-order chi connectivity index (χ1) is 11.6. The van der Waals surface area contributed by atoms with Gasteiger partial charge in [0.1, 0.15) is 6.61 Å². The molecule has 2 aromatic rings. The molecule has 0 spiro atoms. The molecule has 0 unspecified atom stereocenters. The summed E-state index contributed by atoms with van der Waals surface area (Å²) >= 11 is 5.94. The van der Waals surface area contributed by atoms with Gasteiger partial charge in [-0.15, -0.1) is 0 Å². The first-order valence-electron chi connectivity index (χ1n) is 7.69. The van der Waals surface area contributed by atoms with E-state index in [2.05, 4.69) is 10.6 Å². The SMILES string of the molecule is C[C@@H](NC(=O)CNCCOc1ccccc1F)c1cccc(Cl)c1. The normalized spacial score (nSPS) is 11.8. The van der Waals surface area contributed by atoms with Crippen molar-refractivity contribution in [2.45, 2.75) is 13.0 Å². The van der Waals surface area contributed by atoms with Crippen LogP contribution < -0.4 is 15.4 Å². The Kier molecular flexibility index (Phi) is 7.03. The molecule has 2 rings (SSSR count). The van der Waals surface area contributed by atoms with Crippen LogP contribution in [0.2, 0.25) is 5.02 Å². The lowest BCUT2D eigenvalue weighted by Crippen LogP contribution is -2.36. The smallest absolute Gasteiger partial charge is 0.234 e. The number of carbonyl (C=O) groups is 1. The second kappa shape index (κ2) is 9.25. The second-order valence-corrected chi connectivity index (χ2v) is 5.74. The summed E-state index contributed by atoms with van der Waals surface area (Å²) in [5.74, 6) is -0.322. The van der Waals surface area contributed by atoms with E-state index >= 15 is 0 Å². The molecule has 0 aliphatic rings.